The molecule has 2 aromatic rings. The molecule has 2 heterocycles. The van der Waals surface area contributed by atoms with Gasteiger partial charge in [0.1, 0.15) is 10.6 Å². The number of aromatic nitrogens is 1. The molecule has 1 aliphatic rings. The first-order valence-electron chi connectivity index (χ1n) is 10.3. The van der Waals surface area contributed by atoms with E-state index in [1.54, 1.807) is 25.8 Å². The van der Waals surface area contributed by atoms with E-state index in [4.69, 9.17) is 4.52 Å². The van der Waals surface area contributed by atoms with Crippen molar-refractivity contribution in [3.05, 3.63) is 41.3 Å². The van der Waals surface area contributed by atoms with Crippen LogP contribution in [0.3, 0.4) is 0 Å². The van der Waals surface area contributed by atoms with Crippen LogP contribution in [0.5, 0.6) is 0 Å². The Balaban J connectivity index is 1.49. The first-order valence-corrected chi connectivity index (χ1v) is 11.8. The monoisotopic (exact) mass is 434 g/mol. The van der Waals surface area contributed by atoms with Crippen LogP contribution in [-0.4, -0.2) is 51.1 Å². The summed E-state index contributed by atoms with van der Waals surface area (Å²) < 4.78 is 32.2. The van der Waals surface area contributed by atoms with Gasteiger partial charge in [0.25, 0.3) is 0 Å². The molecule has 1 N–H and O–H groups in total. The topological polar surface area (TPSA) is 95.8 Å². The summed E-state index contributed by atoms with van der Waals surface area (Å²) in [6.45, 7) is 5.81. The highest BCUT2D eigenvalue weighted by Gasteiger charge is 2.24. The van der Waals surface area contributed by atoms with Gasteiger partial charge >= 0.3 is 0 Å². The zero-order valence-corrected chi connectivity index (χ0v) is 18.7. The maximum absolute atomic E-state index is 12.4. The third-order valence-corrected chi connectivity index (χ3v) is 7.08. The molecule has 1 fully saturated rings. The number of benzene rings is 1. The number of nitrogens with zero attached hydrogens (tertiary/aromatic N) is 3. The number of sulfonamides is 1. The summed E-state index contributed by atoms with van der Waals surface area (Å²) in [5.74, 6) is 0.105. The number of aryl methyl sites for hydroxylation is 2. The van der Waals surface area contributed by atoms with E-state index in [0.29, 0.717) is 12.2 Å². The summed E-state index contributed by atoms with van der Waals surface area (Å²) >= 11 is 0. The van der Waals surface area contributed by atoms with E-state index in [0.717, 1.165) is 18.7 Å². The number of piperidine rings is 1. The zero-order valence-electron chi connectivity index (χ0n) is 17.8. The van der Waals surface area contributed by atoms with Crippen LogP contribution >= 0.6 is 0 Å². The van der Waals surface area contributed by atoms with Gasteiger partial charge in [0, 0.05) is 45.3 Å². The van der Waals surface area contributed by atoms with E-state index in [1.165, 1.54) is 24.9 Å². The van der Waals surface area contributed by atoms with Gasteiger partial charge in [-0.3, -0.25) is 4.79 Å². The summed E-state index contributed by atoms with van der Waals surface area (Å²) in [4.78, 5) is 16.5. The van der Waals surface area contributed by atoms with Crippen LogP contribution < -0.4 is 9.62 Å². The summed E-state index contributed by atoms with van der Waals surface area (Å²) in [6, 6.07) is 8.31. The SMILES string of the molecule is Cc1noc(C)c1S(=O)(=O)NCCC(=O)N(C)Cc1ccc(N2CCCCC2)cc1. The lowest BCUT2D eigenvalue weighted by molar-refractivity contribution is -0.130. The number of carbonyl (C=O) groups excluding carboxylic acids is 1. The Morgan fingerprint density at radius 2 is 1.83 bits per heavy atom. The van der Waals surface area contributed by atoms with Gasteiger partial charge in [-0.05, 0) is 50.8 Å². The minimum atomic E-state index is -3.76. The summed E-state index contributed by atoms with van der Waals surface area (Å²) in [6.07, 6.45) is 3.85. The number of hydrogen-bond acceptors (Lipinski definition) is 6. The fraction of sp³-hybridized carbons (Fsp3) is 0.524. The molecular formula is C21H30N4O4S. The van der Waals surface area contributed by atoms with Crippen molar-refractivity contribution in [2.24, 2.45) is 0 Å². The minimum absolute atomic E-state index is 0.0173. The first-order chi connectivity index (χ1) is 14.3. The quantitative estimate of drug-likeness (QED) is 0.686. The van der Waals surface area contributed by atoms with E-state index < -0.39 is 10.0 Å². The van der Waals surface area contributed by atoms with E-state index in [9.17, 15) is 13.2 Å². The Labute approximate surface area is 178 Å². The van der Waals surface area contributed by atoms with Gasteiger partial charge in [-0.25, -0.2) is 13.1 Å². The molecule has 0 atom stereocenters. The number of anilines is 1. The molecule has 1 aromatic heterocycles. The molecule has 0 radical (unpaired) electrons. The average molecular weight is 435 g/mol. The third-order valence-electron chi connectivity index (χ3n) is 5.37. The average Bonchev–Trinajstić information content (AvgIpc) is 3.08. The molecule has 0 aliphatic carbocycles. The van der Waals surface area contributed by atoms with Crippen LogP contribution in [0.25, 0.3) is 0 Å². The number of amides is 1. The molecule has 1 saturated heterocycles. The van der Waals surface area contributed by atoms with Crippen LogP contribution in [0, 0.1) is 13.8 Å². The van der Waals surface area contributed by atoms with Crippen molar-refractivity contribution in [2.45, 2.75) is 51.0 Å². The van der Waals surface area contributed by atoms with E-state index in [-0.39, 0.29) is 29.5 Å². The summed E-state index contributed by atoms with van der Waals surface area (Å²) in [5.41, 5.74) is 2.57. The van der Waals surface area contributed by atoms with Crippen molar-refractivity contribution in [1.29, 1.82) is 0 Å². The van der Waals surface area contributed by atoms with Crippen LogP contribution in [0.1, 0.15) is 42.7 Å². The van der Waals surface area contributed by atoms with Gasteiger partial charge < -0.3 is 14.3 Å². The van der Waals surface area contributed by atoms with Gasteiger partial charge in [-0.2, -0.15) is 0 Å². The Morgan fingerprint density at radius 1 is 1.17 bits per heavy atom. The Morgan fingerprint density at radius 3 is 2.43 bits per heavy atom. The number of nitrogens with one attached hydrogen (secondary N) is 1. The highest BCUT2D eigenvalue weighted by molar-refractivity contribution is 7.89. The van der Waals surface area contributed by atoms with Gasteiger partial charge in [-0.15, -0.1) is 0 Å². The fourth-order valence-electron chi connectivity index (χ4n) is 3.74. The molecule has 0 bridgehead atoms. The normalized spacial score (nSPS) is 14.7. The van der Waals surface area contributed by atoms with E-state index >= 15 is 0 Å². The van der Waals surface area contributed by atoms with Crippen molar-refractivity contribution in [3.8, 4) is 0 Å². The molecule has 3 rings (SSSR count). The van der Waals surface area contributed by atoms with E-state index in [2.05, 4.69) is 26.9 Å². The molecule has 164 valence electrons. The molecule has 1 aliphatic heterocycles. The smallest absolute Gasteiger partial charge is 0.245 e. The third kappa shape index (κ3) is 5.40. The maximum Gasteiger partial charge on any atom is 0.245 e. The van der Waals surface area contributed by atoms with Crippen molar-refractivity contribution >= 4 is 21.6 Å². The van der Waals surface area contributed by atoms with Crippen molar-refractivity contribution in [3.63, 3.8) is 0 Å². The highest BCUT2D eigenvalue weighted by atomic mass is 32.2. The molecule has 8 nitrogen and oxygen atoms in total. The Bertz CT molecular complexity index is 944. The second-order valence-corrected chi connectivity index (χ2v) is 9.47. The minimum Gasteiger partial charge on any atom is -0.372 e. The second kappa shape index (κ2) is 9.61. The lowest BCUT2D eigenvalue weighted by Gasteiger charge is -2.29. The lowest BCUT2D eigenvalue weighted by atomic mass is 10.1. The van der Waals surface area contributed by atoms with Crippen LogP contribution in [0.4, 0.5) is 5.69 Å². The Kier molecular flexibility index (Phi) is 7.14. The van der Waals surface area contributed by atoms with Gasteiger partial charge in [0.2, 0.25) is 15.9 Å². The largest absolute Gasteiger partial charge is 0.372 e. The first kappa shape index (κ1) is 22.3. The second-order valence-electron chi connectivity index (χ2n) is 7.77. The van der Waals surface area contributed by atoms with E-state index in [1.807, 2.05) is 12.1 Å². The lowest BCUT2D eigenvalue weighted by Crippen LogP contribution is -2.32. The fourth-order valence-corrected chi connectivity index (χ4v) is 5.10. The standard InChI is InChI=1S/C21H30N4O4S/c1-16-21(17(2)29-23-16)30(27,28)22-12-11-20(26)24(3)15-18-7-9-19(10-8-18)25-13-5-4-6-14-25/h7-10,22H,4-6,11-15H2,1-3H3. The van der Waals surface area contributed by atoms with Gasteiger partial charge in [0.15, 0.2) is 5.76 Å². The number of rotatable bonds is 8. The molecule has 1 aromatic carbocycles. The van der Waals surface area contributed by atoms with Crippen LogP contribution in [0.15, 0.2) is 33.7 Å². The molecular weight excluding hydrogens is 404 g/mol. The van der Waals surface area contributed by atoms with Crippen LogP contribution in [0.2, 0.25) is 0 Å². The summed E-state index contributed by atoms with van der Waals surface area (Å²) in [7, 11) is -2.03. The molecule has 30 heavy (non-hydrogen) atoms. The molecule has 0 saturated carbocycles. The van der Waals surface area contributed by atoms with Crippen molar-refractivity contribution in [2.75, 3.05) is 31.6 Å². The molecule has 0 spiro atoms. The highest BCUT2D eigenvalue weighted by Crippen LogP contribution is 2.21. The molecule has 1 amide bonds. The number of hydrogen-bond donors (Lipinski definition) is 1. The Hall–Kier alpha value is -2.39. The molecule has 9 heteroatoms. The summed E-state index contributed by atoms with van der Waals surface area (Å²) in [5, 5.41) is 3.66. The van der Waals surface area contributed by atoms with Crippen LogP contribution in [-0.2, 0) is 21.4 Å². The predicted octanol–water partition coefficient (Wildman–Crippen LogP) is 2.61. The zero-order chi connectivity index (χ0) is 21.7. The maximum atomic E-state index is 12.4. The predicted molar refractivity (Wildman–Crippen MR) is 115 cm³/mol. The van der Waals surface area contributed by atoms with Crippen molar-refractivity contribution in [1.82, 2.24) is 14.8 Å². The van der Waals surface area contributed by atoms with Gasteiger partial charge in [-0.1, -0.05) is 17.3 Å². The number of carbonyl (C=O) groups is 1. The molecule has 0 unspecified atom stereocenters. The van der Waals surface area contributed by atoms with Gasteiger partial charge in [0.05, 0.1) is 0 Å². The van der Waals surface area contributed by atoms with Crippen molar-refractivity contribution < 1.29 is 17.7 Å².